The summed E-state index contributed by atoms with van der Waals surface area (Å²) in [6.07, 6.45) is 7.69. The number of benzene rings is 1. The van der Waals surface area contributed by atoms with E-state index in [1.54, 1.807) is 51.7 Å². The summed E-state index contributed by atoms with van der Waals surface area (Å²) in [5, 5.41) is 47.5. The number of phenols is 1. The smallest absolute Gasteiger partial charge is 0.341 e. The van der Waals surface area contributed by atoms with E-state index in [9.17, 15) is 44.4 Å². The highest BCUT2D eigenvalue weighted by atomic mass is 19.1. The number of phenolic OH excluding ortho intramolecular Hbond substituents is 1. The van der Waals surface area contributed by atoms with E-state index in [-0.39, 0.29) is 59.0 Å². The monoisotopic (exact) mass is 1110 g/mol. The van der Waals surface area contributed by atoms with Crippen molar-refractivity contribution < 1.29 is 72.5 Å². The Labute approximate surface area is 462 Å². The first-order valence-corrected chi connectivity index (χ1v) is 27.5. The van der Waals surface area contributed by atoms with Crippen LogP contribution in [0.15, 0.2) is 64.6 Å². The van der Waals surface area contributed by atoms with E-state index in [1.165, 1.54) is 59.3 Å². The first-order valence-electron chi connectivity index (χ1n) is 27.5. The van der Waals surface area contributed by atoms with Gasteiger partial charge in [0.1, 0.15) is 34.6 Å². The maximum atomic E-state index is 16.3. The summed E-state index contributed by atoms with van der Waals surface area (Å²) in [6.45, 7) is 15.5. The number of hydrogen-bond donors (Lipinski definition) is 5. The number of amides is 1. The Balaban J connectivity index is 1.05. The Bertz CT molecular complexity index is 3290. The van der Waals surface area contributed by atoms with Crippen LogP contribution in [0.3, 0.4) is 0 Å². The van der Waals surface area contributed by atoms with Crippen molar-refractivity contribution in [1.29, 1.82) is 0 Å². The number of ketones is 3. The number of aryl methyl sites for hydroxylation is 1. The summed E-state index contributed by atoms with van der Waals surface area (Å²) in [5.41, 5.74) is -0.809. The Morgan fingerprint density at radius 3 is 2.14 bits per heavy atom. The average molecular weight is 1110 g/mol. The Morgan fingerprint density at radius 2 is 1.50 bits per heavy atom. The van der Waals surface area contributed by atoms with Crippen LogP contribution in [-0.4, -0.2) is 128 Å². The van der Waals surface area contributed by atoms with Crippen LogP contribution in [0.1, 0.15) is 145 Å². The lowest BCUT2D eigenvalue weighted by Gasteiger charge is -2.39. The van der Waals surface area contributed by atoms with Gasteiger partial charge in [0.2, 0.25) is 11.6 Å². The standard InChI is InChI=1S/C60H71FN4O15/c1-27-12-11-13-28(2)57(73)62-45-48(63-20-16-35(17-21-63)37-18-22-64(25-37)47-30(4)46-38(36-14-15-36)24-39(59(75)76)58(74)65(46)26-40(47)61)53(71)42-43(52(45)70)51(69)33(7)55-44(42)56(72)60(9,80-55)78-23-19-41(77-10)29(3)54(79-34(8)66)32(6)50(68)31(5)49(27)67/h11-13,19,23-24,26-27,29,31-32,35-37,41,49-50,54,67-69H,14-18,20-22,25H2,1-10H3,(H,62,73)(H,75,76)/b12-11+,23-19+,28-13-/t27-,29-,31-,32-,37?,41+,49+,50+,54+,60+/m1/s1. The Hall–Kier alpha value is -7.16. The van der Waals surface area contributed by atoms with Crippen LogP contribution in [0.4, 0.5) is 10.1 Å². The normalized spacial score (nSPS) is 30.5. The molecule has 0 spiro atoms. The number of anilines is 1. The lowest BCUT2D eigenvalue weighted by Crippen LogP contribution is -2.46. The molecule has 5 N–H and O–H groups in total. The first-order chi connectivity index (χ1) is 37.8. The van der Waals surface area contributed by atoms with Gasteiger partial charge in [0.25, 0.3) is 17.2 Å². The highest BCUT2D eigenvalue weighted by Crippen LogP contribution is 2.50. The number of aromatic hydroxyl groups is 1. The van der Waals surface area contributed by atoms with Crippen molar-refractivity contribution in [2.45, 2.75) is 131 Å². The number of methoxy groups -OCH3 is 1. The van der Waals surface area contributed by atoms with Gasteiger partial charge in [0.05, 0.1) is 58.7 Å². The fourth-order valence-electron chi connectivity index (χ4n) is 12.8. The number of nitrogens with one attached hydrogen (secondary N) is 1. The van der Waals surface area contributed by atoms with Crippen molar-refractivity contribution in [3.63, 3.8) is 0 Å². The summed E-state index contributed by atoms with van der Waals surface area (Å²) in [4.78, 5) is 101. The number of carboxylic acids is 1. The van der Waals surface area contributed by atoms with E-state index < -0.39 is 129 Å². The number of carboxylic acid groups (broad SMARTS) is 1. The summed E-state index contributed by atoms with van der Waals surface area (Å²) in [7, 11) is 1.42. The number of esters is 1. The molecule has 428 valence electrons. The molecule has 20 heteroatoms. The van der Waals surface area contributed by atoms with Gasteiger partial charge in [-0.2, -0.15) is 0 Å². The number of likely N-dealkylation sites (tertiary alicyclic amines) is 1. The SMILES string of the molecule is CO[C@H]1/C=C/O[C@@]2(C)Oc3c(C)c(O)c4c(c3C2=O)C(=O)C(N2CCC(C3CCN(c5c(F)cn6c(=O)c(C(=O)O)cc(C7CC7)c6c5C)C3)CC2)=C(NC(=O)/C(C)=C\C=C\[C@@H](C)[C@H](O)[C@@H](C)[C@H](O)[C@@H](C)[C@@H](OC(C)=O)[C@@H]1C)C4=O. The zero-order valence-corrected chi connectivity index (χ0v) is 46.8. The largest absolute Gasteiger partial charge is 0.507 e. The van der Waals surface area contributed by atoms with Crippen molar-refractivity contribution in [2.24, 2.45) is 35.5 Å². The predicted octanol–water partition coefficient (Wildman–Crippen LogP) is 6.83. The van der Waals surface area contributed by atoms with Crippen molar-refractivity contribution in [3.05, 3.63) is 115 Å². The van der Waals surface area contributed by atoms with Gasteiger partial charge in [-0.3, -0.25) is 33.2 Å². The van der Waals surface area contributed by atoms with Gasteiger partial charge in [0.15, 0.2) is 5.82 Å². The molecule has 3 fully saturated rings. The minimum Gasteiger partial charge on any atom is -0.507 e. The molecule has 7 heterocycles. The molecule has 5 bridgehead atoms. The molecule has 2 aromatic heterocycles. The highest BCUT2D eigenvalue weighted by molar-refractivity contribution is 6.32. The van der Waals surface area contributed by atoms with Crippen molar-refractivity contribution in [2.75, 3.05) is 38.2 Å². The molecule has 3 aromatic rings. The van der Waals surface area contributed by atoms with Gasteiger partial charge < -0.3 is 54.5 Å². The molecule has 1 aromatic carbocycles. The van der Waals surface area contributed by atoms with Gasteiger partial charge in [-0.25, -0.2) is 9.18 Å². The quantitative estimate of drug-likeness (QED) is 0.152. The Kier molecular flexibility index (Phi) is 15.9. The van der Waals surface area contributed by atoms with Crippen LogP contribution in [0.2, 0.25) is 0 Å². The molecule has 5 aliphatic heterocycles. The number of nitrogens with zero attached hydrogens (tertiary/aromatic N) is 3. The van der Waals surface area contributed by atoms with Crippen molar-refractivity contribution in [3.8, 4) is 11.5 Å². The molecule has 10 rings (SSSR count). The molecule has 0 radical (unpaired) electrons. The lowest BCUT2D eigenvalue weighted by atomic mass is 9.78. The number of ether oxygens (including phenoxy) is 4. The number of carbonyl (C=O) groups excluding carboxylic acids is 5. The van der Waals surface area contributed by atoms with E-state index >= 15 is 14.0 Å². The third-order valence-corrected chi connectivity index (χ3v) is 17.7. The van der Waals surface area contributed by atoms with Crippen LogP contribution < -0.4 is 20.5 Å². The van der Waals surface area contributed by atoms with Crippen LogP contribution >= 0.6 is 0 Å². The van der Waals surface area contributed by atoms with E-state index in [4.69, 9.17) is 18.9 Å². The highest BCUT2D eigenvalue weighted by Gasteiger charge is 2.53. The van der Waals surface area contributed by atoms with Crippen LogP contribution in [0.25, 0.3) is 5.52 Å². The van der Waals surface area contributed by atoms with Gasteiger partial charge in [0, 0.05) is 81.9 Å². The molecule has 7 aliphatic rings. The molecule has 2 saturated heterocycles. The molecule has 1 saturated carbocycles. The molecular formula is C60H71FN4O15. The third kappa shape index (κ3) is 10.1. The number of piperidine rings is 1. The maximum Gasteiger partial charge on any atom is 0.341 e. The Morgan fingerprint density at radius 1 is 0.838 bits per heavy atom. The topological polar surface area (TPSA) is 260 Å². The van der Waals surface area contributed by atoms with E-state index in [1.807, 2.05) is 4.90 Å². The molecule has 1 unspecified atom stereocenters. The van der Waals surface area contributed by atoms with Crippen LogP contribution in [0.5, 0.6) is 11.5 Å². The van der Waals surface area contributed by atoms with Crippen LogP contribution in [0, 0.1) is 55.2 Å². The fraction of sp³-hybridized carbons (Fsp3) is 0.517. The number of rotatable bonds is 7. The average Bonchev–Trinajstić information content (AvgIpc) is 4.21. The molecule has 19 nitrogen and oxygen atoms in total. The molecule has 1 amide bonds. The zero-order valence-electron chi connectivity index (χ0n) is 46.8. The van der Waals surface area contributed by atoms with Gasteiger partial charge in [-0.15, -0.1) is 0 Å². The van der Waals surface area contributed by atoms with E-state index in [2.05, 4.69) is 5.32 Å². The second-order valence-electron chi connectivity index (χ2n) is 22.9. The number of hydrogen-bond acceptors (Lipinski definition) is 16. The first kappa shape index (κ1) is 57.5. The summed E-state index contributed by atoms with van der Waals surface area (Å²) < 4.78 is 41.2. The number of Topliss-reactive ketones (excluding diaryl/α,β-unsaturated/α-hetero) is 3. The minimum absolute atomic E-state index is 0.0362. The van der Waals surface area contributed by atoms with Gasteiger partial charge in [-0.05, 0) is 93.9 Å². The molecule has 80 heavy (non-hydrogen) atoms. The number of aliphatic hydroxyl groups excluding tert-OH is 2. The second-order valence-corrected chi connectivity index (χ2v) is 22.9. The van der Waals surface area contributed by atoms with Crippen LogP contribution in [-0.2, 0) is 23.8 Å². The number of aromatic nitrogens is 1. The van der Waals surface area contributed by atoms with Crippen molar-refractivity contribution >= 4 is 46.4 Å². The van der Waals surface area contributed by atoms with Crippen molar-refractivity contribution in [1.82, 2.24) is 14.6 Å². The number of aliphatic hydroxyl groups is 2. The van der Waals surface area contributed by atoms with E-state index in [0.717, 1.165) is 23.4 Å². The number of pyridine rings is 2. The number of fused-ring (bicyclic) bond motifs is 15. The zero-order chi connectivity index (χ0) is 58.1. The predicted molar refractivity (Wildman–Crippen MR) is 290 cm³/mol. The summed E-state index contributed by atoms with van der Waals surface area (Å²) in [5.74, 6) is -11.4. The second kappa shape index (κ2) is 22.1. The van der Waals surface area contributed by atoms with E-state index in [0.29, 0.717) is 54.7 Å². The number of carbonyl (C=O) groups is 6. The number of aromatic carboxylic acids is 1. The van der Waals surface area contributed by atoms with Gasteiger partial charge in [-0.1, -0.05) is 45.9 Å². The molecule has 10 atom stereocenters. The molecule has 2 aliphatic carbocycles. The third-order valence-electron chi connectivity index (χ3n) is 17.7. The maximum absolute atomic E-state index is 16.3. The number of halogens is 1. The minimum atomic E-state index is -2.15. The summed E-state index contributed by atoms with van der Waals surface area (Å²) >= 11 is 0. The fourth-order valence-corrected chi connectivity index (χ4v) is 12.8. The number of allylic oxidation sites excluding steroid dienone is 4. The molecular weight excluding hydrogens is 1040 g/mol. The summed E-state index contributed by atoms with van der Waals surface area (Å²) in [6, 6.07) is 1.43. The van der Waals surface area contributed by atoms with Gasteiger partial charge >= 0.3 is 17.7 Å². The lowest BCUT2D eigenvalue weighted by molar-refractivity contribution is -0.160.